The predicted molar refractivity (Wildman–Crippen MR) is 77.0 cm³/mol. The van der Waals surface area contributed by atoms with Crippen LogP contribution in [0.4, 0.5) is 0 Å². The molecule has 5 nitrogen and oxygen atoms in total. The summed E-state index contributed by atoms with van der Waals surface area (Å²) in [4.78, 5) is 12.0. The van der Waals surface area contributed by atoms with E-state index in [0.29, 0.717) is 0 Å². The molecule has 4 N–H and O–H groups in total. The lowest BCUT2D eigenvalue weighted by Crippen LogP contribution is -2.45. The van der Waals surface area contributed by atoms with E-state index < -0.39 is 5.92 Å². The molecule has 106 valence electrons. The van der Waals surface area contributed by atoms with Crippen LogP contribution in [-0.2, 0) is 4.79 Å². The molecule has 0 rings (SSSR count). The van der Waals surface area contributed by atoms with Crippen molar-refractivity contribution in [1.29, 1.82) is 0 Å². The topological polar surface area (TPSA) is 87.7 Å². The number of amides is 1. The third kappa shape index (κ3) is 6.14. The number of hydrogen-bond donors (Lipinski definition) is 3. The van der Waals surface area contributed by atoms with E-state index in [4.69, 9.17) is 10.9 Å². The molecule has 0 saturated heterocycles. The molecule has 0 heterocycles. The fraction of sp³-hybridized carbons (Fsp3) is 0.833. The van der Waals surface area contributed by atoms with Crippen LogP contribution >= 0.6 is 11.8 Å². The third-order valence-electron chi connectivity index (χ3n) is 2.67. The van der Waals surface area contributed by atoms with Crippen molar-refractivity contribution < 1.29 is 10.0 Å². The summed E-state index contributed by atoms with van der Waals surface area (Å²) >= 11 is 1.85. The first-order valence-electron chi connectivity index (χ1n) is 6.29. The number of oxime groups is 1. The minimum absolute atomic E-state index is 0.00174. The Hall–Kier alpha value is -0.910. The van der Waals surface area contributed by atoms with Gasteiger partial charge in [0.25, 0.3) is 0 Å². The van der Waals surface area contributed by atoms with Gasteiger partial charge in [0.05, 0.1) is 0 Å². The maximum Gasteiger partial charge on any atom is 0.231 e. The smallest absolute Gasteiger partial charge is 0.231 e. The Morgan fingerprint density at radius 3 is 2.50 bits per heavy atom. The van der Waals surface area contributed by atoms with Gasteiger partial charge in [-0.05, 0) is 30.8 Å². The van der Waals surface area contributed by atoms with Gasteiger partial charge in [0.1, 0.15) is 5.92 Å². The molecule has 0 spiro atoms. The molecule has 1 amide bonds. The molecule has 0 fully saturated rings. The van der Waals surface area contributed by atoms with Gasteiger partial charge in [0.15, 0.2) is 5.84 Å². The molecule has 0 aliphatic heterocycles. The van der Waals surface area contributed by atoms with E-state index in [1.54, 1.807) is 0 Å². The summed E-state index contributed by atoms with van der Waals surface area (Å²) in [6, 6.07) is 0.101. The zero-order valence-corrected chi connectivity index (χ0v) is 12.5. The monoisotopic (exact) mass is 275 g/mol. The number of carbonyl (C=O) groups excluding carboxylic acids is 1. The normalized spacial score (nSPS) is 15.5. The number of rotatable bonds is 8. The summed E-state index contributed by atoms with van der Waals surface area (Å²) in [6.07, 6.45) is 0.922. The summed E-state index contributed by atoms with van der Waals surface area (Å²) in [5.41, 5.74) is 5.55. The molecule has 0 aromatic rings. The largest absolute Gasteiger partial charge is 0.409 e. The molecule has 18 heavy (non-hydrogen) atoms. The van der Waals surface area contributed by atoms with Gasteiger partial charge in [-0.1, -0.05) is 25.9 Å². The maximum absolute atomic E-state index is 12.0. The second-order valence-corrected chi connectivity index (χ2v) is 6.04. The lowest BCUT2D eigenvalue weighted by atomic mass is 9.93. The first kappa shape index (κ1) is 17.1. The van der Waals surface area contributed by atoms with Gasteiger partial charge in [-0.15, -0.1) is 0 Å². The maximum atomic E-state index is 12.0. The van der Waals surface area contributed by atoms with Gasteiger partial charge in [0, 0.05) is 6.04 Å². The summed E-state index contributed by atoms with van der Waals surface area (Å²) in [5.74, 6) is 1.33. The number of thioether (sulfide) groups is 1. The van der Waals surface area contributed by atoms with E-state index in [1.807, 2.05) is 32.5 Å². The zero-order chi connectivity index (χ0) is 14.1. The number of hydrogen-bond acceptors (Lipinski definition) is 4. The van der Waals surface area contributed by atoms with E-state index in [2.05, 4.69) is 17.4 Å². The van der Waals surface area contributed by atoms with Gasteiger partial charge in [0.2, 0.25) is 5.91 Å². The summed E-state index contributed by atoms with van der Waals surface area (Å²) < 4.78 is 0. The van der Waals surface area contributed by atoms with Crippen LogP contribution in [0.5, 0.6) is 0 Å². The van der Waals surface area contributed by atoms with Crippen molar-refractivity contribution in [3.63, 3.8) is 0 Å². The van der Waals surface area contributed by atoms with Gasteiger partial charge in [-0.25, -0.2) is 0 Å². The highest BCUT2D eigenvalue weighted by molar-refractivity contribution is 7.99. The second kappa shape index (κ2) is 9.08. The average Bonchev–Trinajstić information content (AvgIpc) is 2.28. The molecule has 0 aromatic carbocycles. The van der Waals surface area contributed by atoms with E-state index in [9.17, 15) is 4.79 Å². The van der Waals surface area contributed by atoms with Crippen molar-refractivity contribution in [2.45, 2.75) is 40.2 Å². The molecule has 0 radical (unpaired) electrons. The molecule has 0 saturated carbocycles. The van der Waals surface area contributed by atoms with Crippen LogP contribution in [0, 0.1) is 11.8 Å². The van der Waals surface area contributed by atoms with Crippen molar-refractivity contribution >= 4 is 23.5 Å². The van der Waals surface area contributed by atoms with Crippen LogP contribution in [0.1, 0.15) is 34.1 Å². The Morgan fingerprint density at radius 1 is 1.44 bits per heavy atom. The molecular weight excluding hydrogens is 250 g/mol. The van der Waals surface area contributed by atoms with Crippen molar-refractivity contribution in [3.05, 3.63) is 0 Å². The number of nitrogens with two attached hydrogens (primary N) is 1. The Bertz CT molecular complexity index is 282. The standard InChI is InChI=1S/C12H25N3O2S/c1-5-18-7-6-9(4)14-12(16)10(8(2)3)11(13)15-17/h8-10,17H,5-7H2,1-4H3,(H2,13,15)(H,14,16). The van der Waals surface area contributed by atoms with Crippen molar-refractivity contribution in [2.24, 2.45) is 22.7 Å². The van der Waals surface area contributed by atoms with Crippen LogP contribution in [0.25, 0.3) is 0 Å². The van der Waals surface area contributed by atoms with E-state index in [1.165, 1.54) is 0 Å². The van der Waals surface area contributed by atoms with Gasteiger partial charge >= 0.3 is 0 Å². The Labute approximate surface area is 114 Å². The van der Waals surface area contributed by atoms with Crippen LogP contribution in [0.2, 0.25) is 0 Å². The molecule has 0 aliphatic carbocycles. The van der Waals surface area contributed by atoms with Gasteiger partial charge < -0.3 is 16.3 Å². The SMILES string of the molecule is CCSCCC(C)NC(=O)C(C(N)=NO)C(C)C. The van der Waals surface area contributed by atoms with E-state index in [0.717, 1.165) is 17.9 Å². The summed E-state index contributed by atoms with van der Waals surface area (Å²) in [7, 11) is 0. The lowest BCUT2D eigenvalue weighted by Gasteiger charge is -2.21. The number of amidine groups is 1. The summed E-state index contributed by atoms with van der Waals surface area (Å²) in [5, 5.41) is 14.5. The average molecular weight is 275 g/mol. The van der Waals surface area contributed by atoms with Crippen LogP contribution in [0.15, 0.2) is 5.16 Å². The van der Waals surface area contributed by atoms with Gasteiger partial charge in [-0.3, -0.25) is 4.79 Å². The number of carbonyl (C=O) groups is 1. The minimum atomic E-state index is -0.573. The fourth-order valence-electron chi connectivity index (χ4n) is 1.65. The van der Waals surface area contributed by atoms with Crippen molar-refractivity contribution in [2.75, 3.05) is 11.5 Å². The Morgan fingerprint density at radius 2 is 2.06 bits per heavy atom. The summed E-state index contributed by atoms with van der Waals surface area (Å²) in [6.45, 7) is 7.83. The van der Waals surface area contributed by atoms with E-state index >= 15 is 0 Å². The van der Waals surface area contributed by atoms with Crippen LogP contribution in [0.3, 0.4) is 0 Å². The highest BCUT2D eigenvalue weighted by atomic mass is 32.2. The Kier molecular flexibility index (Phi) is 8.62. The number of nitrogens with one attached hydrogen (secondary N) is 1. The fourth-order valence-corrected chi connectivity index (χ4v) is 2.46. The molecule has 0 aliphatic rings. The predicted octanol–water partition coefficient (Wildman–Crippen LogP) is 1.65. The number of nitrogens with zero attached hydrogens (tertiary/aromatic N) is 1. The minimum Gasteiger partial charge on any atom is -0.409 e. The zero-order valence-electron chi connectivity index (χ0n) is 11.6. The van der Waals surface area contributed by atoms with Crippen LogP contribution < -0.4 is 11.1 Å². The lowest BCUT2D eigenvalue weighted by molar-refractivity contribution is -0.124. The quantitative estimate of drug-likeness (QED) is 0.207. The first-order chi connectivity index (χ1) is 8.43. The second-order valence-electron chi connectivity index (χ2n) is 4.64. The molecule has 2 atom stereocenters. The van der Waals surface area contributed by atoms with Gasteiger partial charge in [-0.2, -0.15) is 11.8 Å². The molecular formula is C12H25N3O2S. The molecule has 2 unspecified atom stereocenters. The van der Waals surface area contributed by atoms with Crippen molar-refractivity contribution in [1.82, 2.24) is 5.32 Å². The molecule has 6 heteroatoms. The Balaban J connectivity index is 4.34. The third-order valence-corrected chi connectivity index (χ3v) is 3.60. The van der Waals surface area contributed by atoms with E-state index in [-0.39, 0.29) is 23.7 Å². The molecule has 0 aromatic heterocycles. The highest BCUT2D eigenvalue weighted by Crippen LogP contribution is 2.12. The first-order valence-corrected chi connectivity index (χ1v) is 7.45. The highest BCUT2D eigenvalue weighted by Gasteiger charge is 2.27. The van der Waals surface area contributed by atoms with Crippen molar-refractivity contribution in [3.8, 4) is 0 Å². The van der Waals surface area contributed by atoms with Crippen LogP contribution in [-0.4, -0.2) is 34.5 Å². The molecule has 0 bridgehead atoms.